The SMILES string of the molecule is CC(C)N1CCN(C)C[C@@H](C)C1C. The Kier molecular flexibility index (Phi) is 3.74. The predicted molar refractivity (Wildman–Crippen MR) is 58.0 cm³/mol. The summed E-state index contributed by atoms with van der Waals surface area (Å²) >= 11 is 0. The lowest BCUT2D eigenvalue weighted by molar-refractivity contribution is 0.145. The first-order chi connectivity index (χ1) is 6.02. The van der Waals surface area contributed by atoms with E-state index in [1.807, 2.05) is 0 Å². The minimum absolute atomic E-state index is 0.684. The van der Waals surface area contributed by atoms with Crippen molar-refractivity contribution in [3.8, 4) is 0 Å². The quantitative estimate of drug-likeness (QED) is 0.611. The average Bonchev–Trinajstić information content (AvgIpc) is 2.13. The molecule has 0 radical (unpaired) electrons. The molecule has 0 aromatic carbocycles. The van der Waals surface area contributed by atoms with Crippen molar-refractivity contribution in [3.05, 3.63) is 0 Å². The molecule has 0 aliphatic carbocycles. The molecule has 1 fully saturated rings. The van der Waals surface area contributed by atoms with Gasteiger partial charge in [0.15, 0.2) is 0 Å². The molecule has 1 unspecified atom stereocenters. The zero-order valence-corrected chi connectivity index (χ0v) is 9.75. The molecule has 2 atom stereocenters. The fraction of sp³-hybridized carbons (Fsp3) is 1.00. The topological polar surface area (TPSA) is 6.48 Å². The van der Waals surface area contributed by atoms with Crippen molar-refractivity contribution in [3.63, 3.8) is 0 Å². The fourth-order valence-electron chi connectivity index (χ4n) is 2.28. The zero-order chi connectivity index (χ0) is 10.0. The molecular weight excluding hydrogens is 160 g/mol. The minimum Gasteiger partial charge on any atom is -0.305 e. The van der Waals surface area contributed by atoms with Crippen molar-refractivity contribution in [1.82, 2.24) is 9.80 Å². The van der Waals surface area contributed by atoms with Crippen LogP contribution in [0.1, 0.15) is 27.7 Å². The van der Waals surface area contributed by atoms with E-state index in [-0.39, 0.29) is 0 Å². The molecule has 0 saturated carbocycles. The lowest BCUT2D eigenvalue weighted by Gasteiger charge is -2.33. The Morgan fingerprint density at radius 2 is 1.77 bits per heavy atom. The van der Waals surface area contributed by atoms with Gasteiger partial charge in [0.05, 0.1) is 0 Å². The molecule has 1 heterocycles. The Labute approximate surface area is 82.9 Å². The van der Waals surface area contributed by atoms with Crippen LogP contribution in [0.25, 0.3) is 0 Å². The van der Waals surface area contributed by atoms with Gasteiger partial charge in [0.25, 0.3) is 0 Å². The number of rotatable bonds is 1. The summed E-state index contributed by atoms with van der Waals surface area (Å²) in [5.41, 5.74) is 0. The van der Waals surface area contributed by atoms with Gasteiger partial charge in [-0.3, -0.25) is 4.90 Å². The van der Waals surface area contributed by atoms with Crippen LogP contribution in [0.15, 0.2) is 0 Å². The van der Waals surface area contributed by atoms with E-state index in [0.29, 0.717) is 6.04 Å². The van der Waals surface area contributed by atoms with Crippen molar-refractivity contribution in [1.29, 1.82) is 0 Å². The molecule has 0 N–H and O–H groups in total. The highest BCUT2D eigenvalue weighted by Crippen LogP contribution is 2.17. The molecule has 2 heteroatoms. The van der Waals surface area contributed by atoms with Gasteiger partial charge in [-0.15, -0.1) is 0 Å². The molecule has 0 aromatic rings. The fourth-order valence-corrected chi connectivity index (χ4v) is 2.28. The highest BCUT2D eigenvalue weighted by Gasteiger charge is 2.26. The van der Waals surface area contributed by atoms with E-state index in [1.54, 1.807) is 0 Å². The molecule has 1 aliphatic rings. The maximum absolute atomic E-state index is 2.62. The van der Waals surface area contributed by atoms with E-state index in [1.165, 1.54) is 19.6 Å². The van der Waals surface area contributed by atoms with Crippen molar-refractivity contribution < 1.29 is 0 Å². The minimum atomic E-state index is 0.684. The lowest BCUT2D eigenvalue weighted by Crippen LogP contribution is -2.42. The largest absolute Gasteiger partial charge is 0.305 e. The molecule has 0 bridgehead atoms. The summed E-state index contributed by atoms with van der Waals surface area (Å²) in [6, 6.07) is 1.41. The Balaban J connectivity index is 2.64. The average molecular weight is 184 g/mol. The molecule has 0 amide bonds. The molecule has 2 nitrogen and oxygen atoms in total. The van der Waals surface area contributed by atoms with Gasteiger partial charge in [-0.05, 0) is 33.7 Å². The van der Waals surface area contributed by atoms with Crippen molar-refractivity contribution in [2.45, 2.75) is 39.8 Å². The highest BCUT2D eigenvalue weighted by atomic mass is 15.2. The van der Waals surface area contributed by atoms with Gasteiger partial charge in [-0.1, -0.05) is 6.92 Å². The summed E-state index contributed by atoms with van der Waals surface area (Å²) < 4.78 is 0. The van der Waals surface area contributed by atoms with E-state index in [4.69, 9.17) is 0 Å². The van der Waals surface area contributed by atoms with Gasteiger partial charge in [0, 0.05) is 31.7 Å². The molecule has 0 spiro atoms. The maximum atomic E-state index is 2.62. The third-order valence-corrected chi connectivity index (χ3v) is 3.35. The second-order valence-electron chi connectivity index (χ2n) is 4.81. The van der Waals surface area contributed by atoms with E-state index in [0.717, 1.165) is 12.0 Å². The first-order valence-corrected chi connectivity index (χ1v) is 5.46. The van der Waals surface area contributed by atoms with Crippen LogP contribution in [0.2, 0.25) is 0 Å². The Hall–Kier alpha value is -0.0800. The smallest absolute Gasteiger partial charge is 0.0115 e. The van der Waals surface area contributed by atoms with Crippen LogP contribution in [0.4, 0.5) is 0 Å². The summed E-state index contributed by atoms with van der Waals surface area (Å²) in [5, 5.41) is 0. The highest BCUT2D eigenvalue weighted by molar-refractivity contribution is 4.81. The maximum Gasteiger partial charge on any atom is 0.0115 e. The molecule has 0 aromatic heterocycles. The van der Waals surface area contributed by atoms with E-state index >= 15 is 0 Å². The van der Waals surface area contributed by atoms with Crippen LogP contribution in [0.5, 0.6) is 0 Å². The Bertz CT molecular complexity index is 156. The van der Waals surface area contributed by atoms with E-state index in [2.05, 4.69) is 44.5 Å². The predicted octanol–water partition coefficient (Wildman–Crippen LogP) is 1.67. The number of likely N-dealkylation sites (N-methyl/N-ethyl adjacent to an activating group) is 1. The first-order valence-electron chi connectivity index (χ1n) is 5.46. The van der Waals surface area contributed by atoms with Gasteiger partial charge < -0.3 is 4.90 Å². The molecular formula is C11H24N2. The summed E-state index contributed by atoms with van der Waals surface area (Å²) in [6.07, 6.45) is 0. The van der Waals surface area contributed by atoms with Gasteiger partial charge in [0.1, 0.15) is 0 Å². The van der Waals surface area contributed by atoms with Crippen LogP contribution >= 0.6 is 0 Å². The van der Waals surface area contributed by atoms with Crippen LogP contribution < -0.4 is 0 Å². The van der Waals surface area contributed by atoms with Gasteiger partial charge in [0.2, 0.25) is 0 Å². The van der Waals surface area contributed by atoms with Crippen LogP contribution in [0.3, 0.4) is 0 Å². The van der Waals surface area contributed by atoms with Crippen LogP contribution in [-0.4, -0.2) is 48.6 Å². The number of hydrogen-bond acceptors (Lipinski definition) is 2. The third-order valence-electron chi connectivity index (χ3n) is 3.35. The van der Waals surface area contributed by atoms with E-state index in [9.17, 15) is 0 Å². The summed E-state index contributed by atoms with van der Waals surface area (Å²) in [4.78, 5) is 5.07. The molecule has 13 heavy (non-hydrogen) atoms. The van der Waals surface area contributed by atoms with Crippen LogP contribution in [-0.2, 0) is 0 Å². The number of hydrogen-bond donors (Lipinski definition) is 0. The second kappa shape index (κ2) is 4.43. The molecule has 1 rings (SSSR count). The second-order valence-corrected chi connectivity index (χ2v) is 4.81. The standard InChI is InChI=1S/C11H24N2/c1-9(2)13-7-6-12(5)8-10(3)11(13)4/h9-11H,6-8H2,1-5H3/t10-,11?/m1/s1. The normalized spacial score (nSPS) is 33.7. The summed E-state index contributed by atoms with van der Waals surface area (Å²) in [6.45, 7) is 13.0. The van der Waals surface area contributed by atoms with Crippen LogP contribution in [0, 0.1) is 5.92 Å². The Morgan fingerprint density at radius 3 is 2.31 bits per heavy atom. The van der Waals surface area contributed by atoms with Gasteiger partial charge in [-0.2, -0.15) is 0 Å². The zero-order valence-electron chi connectivity index (χ0n) is 9.75. The third kappa shape index (κ3) is 2.68. The van der Waals surface area contributed by atoms with Crippen molar-refractivity contribution in [2.75, 3.05) is 26.7 Å². The molecule has 78 valence electrons. The molecule has 1 saturated heterocycles. The lowest BCUT2D eigenvalue weighted by atomic mass is 10.0. The van der Waals surface area contributed by atoms with Crippen molar-refractivity contribution >= 4 is 0 Å². The summed E-state index contributed by atoms with van der Waals surface area (Å²) in [7, 11) is 2.23. The number of nitrogens with zero attached hydrogens (tertiary/aromatic N) is 2. The van der Waals surface area contributed by atoms with Crippen molar-refractivity contribution in [2.24, 2.45) is 5.92 Å². The Morgan fingerprint density at radius 1 is 1.15 bits per heavy atom. The van der Waals surface area contributed by atoms with E-state index < -0.39 is 0 Å². The summed E-state index contributed by atoms with van der Waals surface area (Å²) in [5.74, 6) is 0.787. The first kappa shape index (κ1) is 11.0. The van der Waals surface area contributed by atoms with Gasteiger partial charge in [-0.25, -0.2) is 0 Å². The monoisotopic (exact) mass is 184 g/mol. The van der Waals surface area contributed by atoms with Gasteiger partial charge >= 0.3 is 0 Å². The molecule has 1 aliphatic heterocycles.